The van der Waals surface area contributed by atoms with E-state index in [2.05, 4.69) is 10.0 Å². The van der Waals surface area contributed by atoms with Gasteiger partial charge in [-0.1, -0.05) is 11.6 Å². The van der Waals surface area contributed by atoms with Gasteiger partial charge in [0.15, 0.2) is 11.9 Å². The van der Waals surface area contributed by atoms with Crippen LogP contribution in [0.15, 0.2) is 41.3 Å². The molecule has 0 spiro atoms. The summed E-state index contributed by atoms with van der Waals surface area (Å²) in [6.07, 6.45) is -0.836. The van der Waals surface area contributed by atoms with Gasteiger partial charge in [0.2, 0.25) is 0 Å². The third-order valence-corrected chi connectivity index (χ3v) is 5.10. The number of fused-ring (bicyclic) bond motifs is 1. The Morgan fingerprint density at radius 1 is 1.28 bits per heavy atom. The van der Waals surface area contributed by atoms with Crippen molar-refractivity contribution in [3.63, 3.8) is 0 Å². The number of hydrogen-bond donors (Lipinski definition) is 2. The van der Waals surface area contributed by atoms with E-state index in [1.165, 1.54) is 43.3 Å². The van der Waals surface area contributed by atoms with Crippen LogP contribution in [0.25, 0.3) is 0 Å². The molecule has 1 amide bonds. The molecule has 0 aliphatic carbocycles. The Hall–Kier alpha value is -2.76. The average molecular weight is 378 g/mol. The first-order valence-corrected chi connectivity index (χ1v) is 9.00. The standard InChI is InChI=1S/C16H12ClN3O4S/c1-9-16(21)19-13-6-11(17)7-14(15(13)24-9)25(22,23)20-12-4-2-10(8-18)3-5-12/h2-7,9,20H,1H3,(H,19,21). The molecular weight excluding hydrogens is 366 g/mol. The fourth-order valence-electron chi connectivity index (χ4n) is 2.27. The monoisotopic (exact) mass is 377 g/mol. The fourth-order valence-corrected chi connectivity index (χ4v) is 3.79. The van der Waals surface area contributed by atoms with Crippen LogP contribution in [0.4, 0.5) is 11.4 Å². The Labute approximate surface area is 149 Å². The summed E-state index contributed by atoms with van der Waals surface area (Å²) in [5.41, 5.74) is 0.874. The molecule has 2 N–H and O–H groups in total. The van der Waals surface area contributed by atoms with Crippen molar-refractivity contribution in [2.45, 2.75) is 17.9 Å². The van der Waals surface area contributed by atoms with Crippen LogP contribution in [0, 0.1) is 11.3 Å². The molecule has 1 aliphatic heterocycles. The van der Waals surface area contributed by atoms with Gasteiger partial charge in [-0.05, 0) is 43.3 Å². The molecule has 0 saturated heterocycles. The van der Waals surface area contributed by atoms with E-state index in [9.17, 15) is 13.2 Å². The fraction of sp³-hybridized carbons (Fsp3) is 0.125. The zero-order valence-corrected chi connectivity index (χ0v) is 14.5. The first kappa shape index (κ1) is 17.1. The number of ether oxygens (including phenoxy) is 1. The van der Waals surface area contributed by atoms with Gasteiger partial charge in [0, 0.05) is 10.7 Å². The molecule has 0 radical (unpaired) electrons. The second-order valence-corrected chi connectivity index (χ2v) is 7.41. The quantitative estimate of drug-likeness (QED) is 0.854. The van der Waals surface area contributed by atoms with E-state index in [0.29, 0.717) is 5.56 Å². The van der Waals surface area contributed by atoms with Crippen LogP contribution in [0.2, 0.25) is 5.02 Å². The number of halogens is 1. The third kappa shape index (κ3) is 3.38. The highest BCUT2D eigenvalue weighted by molar-refractivity contribution is 7.92. The summed E-state index contributed by atoms with van der Waals surface area (Å²) < 4.78 is 33.3. The maximum Gasteiger partial charge on any atom is 0.265 e. The van der Waals surface area contributed by atoms with E-state index in [4.69, 9.17) is 21.6 Å². The lowest BCUT2D eigenvalue weighted by Crippen LogP contribution is -2.35. The lowest BCUT2D eigenvalue weighted by atomic mass is 10.2. The first-order valence-electron chi connectivity index (χ1n) is 7.14. The van der Waals surface area contributed by atoms with Crippen molar-refractivity contribution < 1.29 is 17.9 Å². The van der Waals surface area contributed by atoms with Crippen molar-refractivity contribution in [1.29, 1.82) is 5.26 Å². The maximum atomic E-state index is 12.7. The van der Waals surface area contributed by atoms with Crippen LogP contribution >= 0.6 is 11.6 Å². The van der Waals surface area contributed by atoms with E-state index in [-0.39, 0.29) is 27.0 Å². The minimum atomic E-state index is -4.03. The van der Waals surface area contributed by atoms with Gasteiger partial charge >= 0.3 is 0 Å². The van der Waals surface area contributed by atoms with Crippen molar-refractivity contribution in [2.24, 2.45) is 0 Å². The molecule has 0 aromatic heterocycles. The lowest BCUT2D eigenvalue weighted by molar-refractivity contribution is -0.122. The number of hydrogen-bond acceptors (Lipinski definition) is 5. The van der Waals surface area contributed by atoms with Crippen molar-refractivity contribution in [2.75, 3.05) is 10.0 Å². The zero-order chi connectivity index (χ0) is 18.2. The predicted octanol–water partition coefficient (Wildman–Crippen LogP) is 2.73. The molecule has 0 fully saturated rings. The molecule has 2 aromatic carbocycles. The molecule has 25 heavy (non-hydrogen) atoms. The summed E-state index contributed by atoms with van der Waals surface area (Å²) >= 11 is 5.98. The van der Waals surface area contributed by atoms with Crippen LogP contribution in [0.3, 0.4) is 0 Å². The number of nitrogens with zero attached hydrogens (tertiary/aromatic N) is 1. The summed E-state index contributed by atoms with van der Waals surface area (Å²) in [5, 5.41) is 11.5. The number of anilines is 2. The van der Waals surface area contributed by atoms with Gasteiger partial charge in [-0.25, -0.2) is 8.42 Å². The van der Waals surface area contributed by atoms with Gasteiger partial charge in [-0.3, -0.25) is 9.52 Å². The smallest absolute Gasteiger partial charge is 0.265 e. The van der Waals surface area contributed by atoms with E-state index < -0.39 is 22.0 Å². The molecule has 1 unspecified atom stereocenters. The minimum absolute atomic E-state index is 0.0256. The Morgan fingerprint density at radius 2 is 1.96 bits per heavy atom. The summed E-state index contributed by atoms with van der Waals surface area (Å²) in [6.45, 7) is 1.51. The van der Waals surface area contributed by atoms with Crippen LogP contribution in [0.5, 0.6) is 5.75 Å². The Morgan fingerprint density at radius 3 is 2.60 bits per heavy atom. The van der Waals surface area contributed by atoms with E-state index in [1.807, 2.05) is 6.07 Å². The lowest BCUT2D eigenvalue weighted by Gasteiger charge is -2.25. The molecule has 9 heteroatoms. The maximum absolute atomic E-state index is 12.7. The highest BCUT2D eigenvalue weighted by atomic mass is 35.5. The Kier molecular flexibility index (Phi) is 4.29. The highest BCUT2D eigenvalue weighted by Crippen LogP contribution is 2.39. The van der Waals surface area contributed by atoms with Gasteiger partial charge in [0.05, 0.1) is 17.3 Å². The Balaban J connectivity index is 2.02. The molecule has 128 valence electrons. The number of sulfonamides is 1. The van der Waals surface area contributed by atoms with Gasteiger partial charge in [0.1, 0.15) is 4.90 Å². The van der Waals surface area contributed by atoms with Crippen LogP contribution in [-0.2, 0) is 14.8 Å². The molecule has 7 nitrogen and oxygen atoms in total. The topological polar surface area (TPSA) is 108 Å². The van der Waals surface area contributed by atoms with Gasteiger partial charge in [0.25, 0.3) is 15.9 Å². The molecule has 3 rings (SSSR count). The first-order chi connectivity index (χ1) is 11.8. The normalized spacial score (nSPS) is 16.2. The summed E-state index contributed by atoms with van der Waals surface area (Å²) in [7, 11) is -4.03. The van der Waals surface area contributed by atoms with Gasteiger partial charge < -0.3 is 10.1 Å². The van der Waals surface area contributed by atoms with Crippen LogP contribution in [-0.4, -0.2) is 20.4 Å². The number of rotatable bonds is 3. The largest absolute Gasteiger partial charge is 0.477 e. The SMILES string of the molecule is CC1Oc2c(cc(Cl)cc2S(=O)(=O)Nc2ccc(C#N)cc2)NC1=O. The van der Waals surface area contributed by atoms with E-state index >= 15 is 0 Å². The van der Waals surface area contributed by atoms with Crippen molar-refractivity contribution in [1.82, 2.24) is 0 Å². The molecule has 0 bridgehead atoms. The van der Waals surface area contributed by atoms with E-state index in [0.717, 1.165) is 0 Å². The summed E-state index contributed by atoms with van der Waals surface area (Å²) in [5.74, 6) is -0.365. The molecule has 1 heterocycles. The molecule has 2 aromatic rings. The van der Waals surface area contributed by atoms with Crippen molar-refractivity contribution in [3.8, 4) is 11.8 Å². The highest BCUT2D eigenvalue weighted by Gasteiger charge is 2.31. The number of carbonyl (C=O) groups is 1. The second kappa shape index (κ2) is 6.27. The van der Waals surface area contributed by atoms with Gasteiger partial charge in [-0.15, -0.1) is 0 Å². The molecule has 1 atom stereocenters. The second-order valence-electron chi connectivity index (χ2n) is 5.32. The number of nitrogens with one attached hydrogen (secondary N) is 2. The molecular formula is C16H12ClN3O4S. The number of benzene rings is 2. The number of amides is 1. The molecule has 0 saturated carbocycles. The van der Waals surface area contributed by atoms with Crippen molar-refractivity contribution >= 4 is 38.9 Å². The number of carbonyl (C=O) groups excluding carboxylic acids is 1. The Bertz CT molecular complexity index is 997. The predicted molar refractivity (Wildman–Crippen MR) is 92.1 cm³/mol. The van der Waals surface area contributed by atoms with Crippen LogP contribution < -0.4 is 14.8 Å². The van der Waals surface area contributed by atoms with Gasteiger partial charge in [-0.2, -0.15) is 5.26 Å². The zero-order valence-electron chi connectivity index (χ0n) is 12.9. The van der Waals surface area contributed by atoms with Crippen molar-refractivity contribution in [3.05, 3.63) is 47.0 Å². The third-order valence-electron chi connectivity index (χ3n) is 3.50. The number of nitriles is 1. The van der Waals surface area contributed by atoms with E-state index in [1.54, 1.807) is 0 Å². The minimum Gasteiger partial charge on any atom is -0.477 e. The van der Waals surface area contributed by atoms with Crippen LogP contribution in [0.1, 0.15) is 12.5 Å². The summed E-state index contributed by atoms with van der Waals surface area (Å²) in [6, 6.07) is 10.5. The molecule has 1 aliphatic rings. The summed E-state index contributed by atoms with van der Waals surface area (Å²) in [4.78, 5) is 11.5. The average Bonchev–Trinajstić information content (AvgIpc) is 2.56.